The lowest BCUT2D eigenvalue weighted by Crippen LogP contribution is -2.50. The number of aliphatic imine (C=N–C) groups is 1. The smallest absolute Gasteiger partial charge is 0.306 e. The first-order valence-corrected chi connectivity index (χ1v) is 12.7. The maximum Gasteiger partial charge on any atom is 0.306 e. The van der Waals surface area contributed by atoms with Crippen molar-refractivity contribution in [2.45, 2.75) is 77.2 Å². The molecule has 1 heterocycles. The molecule has 3 rings (SSSR count). The van der Waals surface area contributed by atoms with Crippen molar-refractivity contribution in [3.8, 4) is 5.75 Å². The number of nitrogens with zero attached hydrogens (tertiary/aromatic N) is 1. The van der Waals surface area contributed by atoms with Crippen LogP contribution in [0.1, 0.15) is 71.1 Å². The van der Waals surface area contributed by atoms with E-state index in [1.54, 1.807) is 12.1 Å². The predicted molar refractivity (Wildman–Crippen MR) is 142 cm³/mol. The second-order valence-corrected chi connectivity index (χ2v) is 10.4. The molecule has 0 saturated carbocycles. The number of rotatable bonds is 11. The molecule has 0 fully saturated rings. The van der Waals surface area contributed by atoms with Crippen LogP contribution in [0.2, 0.25) is 0 Å². The van der Waals surface area contributed by atoms with Crippen LogP contribution >= 0.6 is 0 Å². The molecule has 0 radical (unpaired) electrons. The third-order valence-electron chi connectivity index (χ3n) is 5.68. The molecule has 0 aromatic heterocycles. The van der Waals surface area contributed by atoms with Gasteiger partial charge in [0.15, 0.2) is 11.6 Å². The molecule has 8 nitrogen and oxygen atoms in total. The molecule has 0 unspecified atom stereocenters. The molecule has 200 valence electrons. The standard InChI is InChI=1S/C29H38N2O6/c1-20(2)30-27(34)29(17-16-24(33)37-28(3,4)5)25(21-10-7-6-8-11-21)36-26(31-29)22-12-14-23(15-13-22)35-19-9-18-32/h6-8,10-15,20,25,32H,9,16-19H2,1-5H3,(H,30,34)/t25-,29-/m1/s1. The Morgan fingerprint density at radius 3 is 2.38 bits per heavy atom. The topological polar surface area (TPSA) is 106 Å². The average molecular weight is 511 g/mol. The maximum atomic E-state index is 13.7. The fourth-order valence-corrected chi connectivity index (χ4v) is 4.07. The van der Waals surface area contributed by atoms with Gasteiger partial charge in [-0.15, -0.1) is 0 Å². The van der Waals surface area contributed by atoms with Gasteiger partial charge in [-0.05, 0) is 70.9 Å². The Morgan fingerprint density at radius 2 is 1.78 bits per heavy atom. The van der Waals surface area contributed by atoms with Crippen LogP contribution in [0.4, 0.5) is 0 Å². The van der Waals surface area contributed by atoms with E-state index >= 15 is 0 Å². The molecule has 2 N–H and O–H groups in total. The average Bonchev–Trinajstić information content (AvgIpc) is 3.24. The van der Waals surface area contributed by atoms with Gasteiger partial charge in [0.2, 0.25) is 5.90 Å². The monoisotopic (exact) mass is 510 g/mol. The minimum Gasteiger partial charge on any atom is -0.494 e. The number of esters is 1. The number of nitrogens with one attached hydrogen (secondary N) is 1. The van der Waals surface area contributed by atoms with E-state index in [2.05, 4.69) is 5.32 Å². The molecule has 0 saturated heterocycles. The molecular formula is C29H38N2O6. The molecule has 1 aliphatic rings. The minimum absolute atomic E-state index is 0.00386. The van der Waals surface area contributed by atoms with Gasteiger partial charge in [-0.25, -0.2) is 4.99 Å². The van der Waals surface area contributed by atoms with Gasteiger partial charge < -0.3 is 24.6 Å². The van der Waals surface area contributed by atoms with Crippen LogP contribution in [0.15, 0.2) is 59.6 Å². The molecule has 1 aliphatic heterocycles. The Hall–Kier alpha value is -3.39. The van der Waals surface area contributed by atoms with Gasteiger partial charge in [0, 0.05) is 31.1 Å². The highest BCUT2D eigenvalue weighted by molar-refractivity contribution is 6.01. The van der Waals surface area contributed by atoms with Crippen LogP contribution in [0.5, 0.6) is 5.75 Å². The summed E-state index contributed by atoms with van der Waals surface area (Å²) in [5.74, 6) is 0.269. The van der Waals surface area contributed by atoms with E-state index in [1.807, 2.05) is 77.1 Å². The number of hydrogen-bond acceptors (Lipinski definition) is 7. The van der Waals surface area contributed by atoms with Crippen molar-refractivity contribution in [1.82, 2.24) is 5.32 Å². The zero-order valence-corrected chi connectivity index (χ0v) is 22.3. The van der Waals surface area contributed by atoms with E-state index in [9.17, 15) is 9.59 Å². The van der Waals surface area contributed by atoms with E-state index in [4.69, 9.17) is 24.3 Å². The fraction of sp³-hybridized carbons (Fsp3) is 0.483. The Kier molecular flexibility index (Phi) is 9.32. The summed E-state index contributed by atoms with van der Waals surface area (Å²) in [4.78, 5) is 31.3. The summed E-state index contributed by atoms with van der Waals surface area (Å²) >= 11 is 0. The van der Waals surface area contributed by atoms with Gasteiger partial charge in [0.1, 0.15) is 11.4 Å². The van der Waals surface area contributed by atoms with Crippen molar-refractivity contribution in [3.05, 3.63) is 65.7 Å². The molecule has 0 aliphatic carbocycles. The van der Waals surface area contributed by atoms with Crippen molar-refractivity contribution in [2.24, 2.45) is 4.99 Å². The van der Waals surface area contributed by atoms with Gasteiger partial charge in [-0.2, -0.15) is 0 Å². The number of aliphatic hydroxyl groups excluding tert-OH is 1. The quantitative estimate of drug-likeness (QED) is 0.344. The van der Waals surface area contributed by atoms with E-state index in [0.29, 0.717) is 30.2 Å². The van der Waals surface area contributed by atoms with Crippen molar-refractivity contribution in [2.75, 3.05) is 13.2 Å². The van der Waals surface area contributed by atoms with E-state index in [1.165, 1.54) is 0 Å². The maximum absolute atomic E-state index is 13.7. The Bertz CT molecular complexity index is 1080. The summed E-state index contributed by atoms with van der Waals surface area (Å²) in [5.41, 5.74) is -0.529. The lowest BCUT2D eigenvalue weighted by atomic mass is 9.83. The zero-order valence-electron chi connectivity index (χ0n) is 22.3. The molecule has 2 aromatic rings. The highest BCUT2D eigenvalue weighted by Gasteiger charge is 2.53. The number of aliphatic hydroxyl groups is 1. The van der Waals surface area contributed by atoms with Crippen LogP contribution < -0.4 is 10.1 Å². The van der Waals surface area contributed by atoms with Gasteiger partial charge in [0.05, 0.1) is 6.61 Å². The predicted octanol–water partition coefficient (Wildman–Crippen LogP) is 4.35. The molecule has 8 heteroatoms. The molecule has 0 spiro atoms. The lowest BCUT2D eigenvalue weighted by molar-refractivity contribution is -0.155. The molecule has 0 bridgehead atoms. The van der Waals surface area contributed by atoms with Gasteiger partial charge in [0.25, 0.3) is 5.91 Å². The highest BCUT2D eigenvalue weighted by Crippen LogP contribution is 2.43. The van der Waals surface area contributed by atoms with Crippen molar-refractivity contribution >= 4 is 17.8 Å². The Balaban J connectivity index is 1.99. The van der Waals surface area contributed by atoms with Crippen molar-refractivity contribution in [3.63, 3.8) is 0 Å². The minimum atomic E-state index is -1.37. The summed E-state index contributed by atoms with van der Waals surface area (Å²) in [6.45, 7) is 9.67. The van der Waals surface area contributed by atoms with Gasteiger partial charge in [-0.3, -0.25) is 9.59 Å². The van der Waals surface area contributed by atoms with Crippen LogP contribution in [0.3, 0.4) is 0 Å². The Labute approximate surface area is 219 Å². The second-order valence-electron chi connectivity index (χ2n) is 10.4. The third-order valence-corrected chi connectivity index (χ3v) is 5.68. The molecule has 37 heavy (non-hydrogen) atoms. The van der Waals surface area contributed by atoms with E-state index in [0.717, 1.165) is 5.56 Å². The summed E-state index contributed by atoms with van der Waals surface area (Å²) in [6, 6.07) is 16.6. The SMILES string of the molecule is CC(C)NC(=O)[C@]1(CCC(=O)OC(C)(C)C)N=C(c2ccc(OCCCO)cc2)O[C@@H]1c1ccccc1. The summed E-state index contributed by atoms with van der Waals surface area (Å²) < 4.78 is 17.5. The van der Waals surface area contributed by atoms with Gasteiger partial charge in [-0.1, -0.05) is 30.3 Å². The van der Waals surface area contributed by atoms with E-state index in [-0.39, 0.29) is 31.4 Å². The third kappa shape index (κ3) is 7.55. The number of carbonyl (C=O) groups is 2. The molecular weight excluding hydrogens is 472 g/mol. The number of amides is 1. The first-order chi connectivity index (χ1) is 17.5. The van der Waals surface area contributed by atoms with E-state index < -0.39 is 23.2 Å². The number of ether oxygens (including phenoxy) is 3. The van der Waals surface area contributed by atoms with Gasteiger partial charge >= 0.3 is 5.97 Å². The van der Waals surface area contributed by atoms with Crippen LogP contribution in [-0.4, -0.2) is 53.3 Å². The number of benzene rings is 2. The largest absolute Gasteiger partial charge is 0.494 e. The zero-order chi connectivity index (χ0) is 27.1. The molecule has 2 atom stereocenters. The second kappa shape index (κ2) is 12.2. The normalized spacial score (nSPS) is 19.2. The summed E-state index contributed by atoms with van der Waals surface area (Å²) in [6.07, 6.45) is -0.0672. The molecule has 1 amide bonds. The lowest BCUT2D eigenvalue weighted by Gasteiger charge is -2.31. The Morgan fingerprint density at radius 1 is 1.11 bits per heavy atom. The van der Waals surface area contributed by atoms with Crippen LogP contribution in [0, 0.1) is 0 Å². The first kappa shape index (κ1) is 28.2. The van der Waals surface area contributed by atoms with Crippen LogP contribution in [0.25, 0.3) is 0 Å². The summed E-state index contributed by atoms with van der Waals surface area (Å²) in [5, 5.41) is 11.9. The number of carbonyl (C=O) groups excluding carboxylic acids is 2. The highest BCUT2D eigenvalue weighted by atomic mass is 16.6. The van der Waals surface area contributed by atoms with Crippen molar-refractivity contribution in [1.29, 1.82) is 0 Å². The molecule has 2 aromatic carbocycles. The van der Waals surface area contributed by atoms with Crippen molar-refractivity contribution < 1.29 is 28.9 Å². The van der Waals surface area contributed by atoms with Crippen LogP contribution in [-0.2, 0) is 19.1 Å². The first-order valence-electron chi connectivity index (χ1n) is 12.7. The number of hydrogen-bond donors (Lipinski definition) is 2. The summed E-state index contributed by atoms with van der Waals surface area (Å²) in [7, 11) is 0. The fourth-order valence-electron chi connectivity index (χ4n) is 4.07.